The van der Waals surface area contributed by atoms with Crippen LogP contribution in [0.1, 0.15) is 0 Å². The molecule has 0 spiro atoms. The van der Waals surface area contributed by atoms with Gasteiger partial charge in [-0.2, -0.15) is 0 Å². The maximum atomic E-state index is 6.20. The summed E-state index contributed by atoms with van der Waals surface area (Å²) in [6.45, 7) is 0. The van der Waals surface area contributed by atoms with Crippen molar-refractivity contribution in [3.8, 4) is 79.7 Å². The number of rotatable bonds is 7. The van der Waals surface area contributed by atoms with Gasteiger partial charge < -0.3 is 8.83 Å². The van der Waals surface area contributed by atoms with Crippen molar-refractivity contribution in [3.05, 3.63) is 146 Å². The number of pyridine rings is 2. The van der Waals surface area contributed by atoms with Crippen LogP contribution in [0.3, 0.4) is 0 Å². The number of aromatic nitrogens is 6. The average molecular weight is 597 g/mol. The predicted octanol–water partition coefficient (Wildman–Crippen LogP) is 8.91. The molecule has 8 heteroatoms. The van der Waals surface area contributed by atoms with E-state index in [1.165, 1.54) is 0 Å². The first-order valence-corrected chi connectivity index (χ1v) is 14.7. The number of benzene rings is 4. The van der Waals surface area contributed by atoms with Gasteiger partial charge in [0, 0.05) is 22.3 Å². The van der Waals surface area contributed by atoms with E-state index in [1.807, 2.05) is 146 Å². The van der Waals surface area contributed by atoms with Gasteiger partial charge in [-0.05, 0) is 53.6 Å². The minimum Gasteiger partial charge on any atom is -0.415 e. The Morgan fingerprint density at radius 2 is 0.652 bits per heavy atom. The minimum absolute atomic E-state index is 0.323. The monoisotopic (exact) mass is 596 g/mol. The van der Waals surface area contributed by atoms with Crippen LogP contribution in [0.2, 0.25) is 0 Å². The van der Waals surface area contributed by atoms with E-state index in [-0.39, 0.29) is 0 Å². The van der Waals surface area contributed by atoms with Crippen molar-refractivity contribution >= 4 is 0 Å². The molecule has 0 saturated heterocycles. The highest BCUT2D eigenvalue weighted by atomic mass is 16.4. The first-order chi connectivity index (χ1) is 22.8. The highest BCUT2D eigenvalue weighted by Crippen LogP contribution is 2.34. The zero-order valence-corrected chi connectivity index (χ0v) is 24.4. The second-order valence-corrected chi connectivity index (χ2v) is 10.5. The smallest absolute Gasteiger partial charge is 0.266 e. The molecule has 0 aliphatic rings. The summed E-state index contributed by atoms with van der Waals surface area (Å²) in [7, 11) is 0. The molecule has 4 heterocycles. The molecule has 0 bridgehead atoms. The molecule has 4 aromatic heterocycles. The third-order valence-corrected chi connectivity index (χ3v) is 7.46. The quantitative estimate of drug-likeness (QED) is 0.180. The Hall–Kier alpha value is -6.54. The fourth-order valence-electron chi connectivity index (χ4n) is 5.21. The zero-order valence-electron chi connectivity index (χ0n) is 24.4. The highest BCUT2D eigenvalue weighted by molar-refractivity contribution is 5.77. The summed E-state index contributed by atoms with van der Waals surface area (Å²) >= 11 is 0. The Bertz CT molecular complexity index is 2120. The molecule has 0 unspecified atom stereocenters. The first-order valence-electron chi connectivity index (χ1n) is 14.7. The van der Waals surface area contributed by atoms with Gasteiger partial charge in [-0.25, -0.2) is 9.97 Å². The molecule has 4 aromatic carbocycles. The van der Waals surface area contributed by atoms with Crippen LogP contribution in [0, 0.1) is 0 Å². The van der Waals surface area contributed by atoms with Crippen molar-refractivity contribution in [2.45, 2.75) is 0 Å². The lowest BCUT2D eigenvalue weighted by Crippen LogP contribution is -1.87. The molecule has 0 aliphatic carbocycles. The van der Waals surface area contributed by atoms with Gasteiger partial charge in [-0.1, -0.05) is 103 Å². The average Bonchev–Trinajstić information content (AvgIpc) is 3.85. The Morgan fingerprint density at radius 1 is 0.283 bits per heavy atom. The standard InChI is InChI=1S/C38H24N6O2/c1-4-12-25(13-5-1)28-22-29(35-41-43-37(45-35)33-20-10-18-31(39-33)26-14-6-2-7-15-26)24-30(23-28)36-42-44-38(46-36)34-21-11-19-32(40-34)27-16-8-3-9-17-27/h1-24H. The van der Waals surface area contributed by atoms with E-state index < -0.39 is 0 Å². The normalized spacial score (nSPS) is 11.0. The molecule has 218 valence electrons. The van der Waals surface area contributed by atoms with Crippen LogP contribution in [0.15, 0.2) is 154 Å². The SMILES string of the molecule is c1ccc(-c2cc(-c3nnc(-c4cccc(-c5ccccc5)n4)o3)cc(-c3nnc(-c4cccc(-c5ccccc5)n4)o3)c2)cc1. The van der Waals surface area contributed by atoms with E-state index in [9.17, 15) is 0 Å². The van der Waals surface area contributed by atoms with Crippen LogP contribution >= 0.6 is 0 Å². The zero-order chi connectivity index (χ0) is 30.7. The Morgan fingerprint density at radius 3 is 1.11 bits per heavy atom. The highest BCUT2D eigenvalue weighted by Gasteiger charge is 2.18. The van der Waals surface area contributed by atoms with Gasteiger partial charge >= 0.3 is 0 Å². The van der Waals surface area contributed by atoms with Gasteiger partial charge in [0.05, 0.1) is 11.4 Å². The van der Waals surface area contributed by atoms with Crippen molar-refractivity contribution in [1.82, 2.24) is 30.4 Å². The molecule has 46 heavy (non-hydrogen) atoms. The third-order valence-electron chi connectivity index (χ3n) is 7.46. The summed E-state index contributed by atoms with van der Waals surface area (Å²) in [4.78, 5) is 9.54. The topological polar surface area (TPSA) is 104 Å². The Kier molecular flexibility index (Phi) is 6.97. The molecule has 8 rings (SSSR count). The van der Waals surface area contributed by atoms with Crippen molar-refractivity contribution in [1.29, 1.82) is 0 Å². The van der Waals surface area contributed by atoms with Crippen molar-refractivity contribution < 1.29 is 8.83 Å². The van der Waals surface area contributed by atoms with Gasteiger partial charge in [0.25, 0.3) is 11.8 Å². The summed E-state index contributed by atoms with van der Waals surface area (Å²) in [6.07, 6.45) is 0. The third kappa shape index (κ3) is 5.46. The van der Waals surface area contributed by atoms with Gasteiger partial charge in [-0.3, -0.25) is 0 Å². The number of nitrogens with zero attached hydrogens (tertiary/aromatic N) is 6. The van der Waals surface area contributed by atoms with Gasteiger partial charge in [-0.15, -0.1) is 20.4 Å². The van der Waals surface area contributed by atoms with E-state index in [2.05, 4.69) is 20.4 Å². The molecule has 0 N–H and O–H groups in total. The second-order valence-electron chi connectivity index (χ2n) is 10.5. The van der Waals surface area contributed by atoms with Crippen molar-refractivity contribution in [2.75, 3.05) is 0 Å². The van der Waals surface area contributed by atoms with Crippen LogP contribution in [0.4, 0.5) is 0 Å². The van der Waals surface area contributed by atoms with E-state index >= 15 is 0 Å². The summed E-state index contributed by atoms with van der Waals surface area (Å²) in [5.41, 5.74) is 8.19. The maximum Gasteiger partial charge on any atom is 0.266 e. The number of hydrogen-bond acceptors (Lipinski definition) is 8. The van der Waals surface area contributed by atoms with Crippen LogP contribution in [0.5, 0.6) is 0 Å². The fourth-order valence-corrected chi connectivity index (χ4v) is 5.21. The largest absolute Gasteiger partial charge is 0.415 e. The van der Waals surface area contributed by atoms with Gasteiger partial charge in [0.15, 0.2) is 0 Å². The predicted molar refractivity (Wildman–Crippen MR) is 176 cm³/mol. The molecule has 8 nitrogen and oxygen atoms in total. The molecular weight excluding hydrogens is 572 g/mol. The van der Waals surface area contributed by atoms with Gasteiger partial charge in [0.2, 0.25) is 11.8 Å². The molecule has 8 aromatic rings. The lowest BCUT2D eigenvalue weighted by molar-refractivity contribution is 0.580. The molecule has 0 radical (unpaired) electrons. The van der Waals surface area contributed by atoms with Crippen LogP contribution in [-0.4, -0.2) is 30.4 Å². The molecular formula is C38H24N6O2. The van der Waals surface area contributed by atoms with E-state index in [4.69, 9.17) is 18.8 Å². The lowest BCUT2D eigenvalue weighted by Gasteiger charge is -2.06. The van der Waals surface area contributed by atoms with Gasteiger partial charge in [0.1, 0.15) is 11.4 Å². The second kappa shape index (κ2) is 11.9. The van der Waals surface area contributed by atoms with Crippen molar-refractivity contribution in [3.63, 3.8) is 0 Å². The summed E-state index contributed by atoms with van der Waals surface area (Å²) in [6, 6.07) is 47.4. The summed E-state index contributed by atoms with van der Waals surface area (Å²) < 4.78 is 12.4. The molecule has 0 fully saturated rings. The molecule has 0 amide bonds. The number of hydrogen-bond donors (Lipinski definition) is 0. The first kappa shape index (κ1) is 27.0. The van der Waals surface area contributed by atoms with Crippen LogP contribution in [-0.2, 0) is 0 Å². The van der Waals surface area contributed by atoms with Crippen LogP contribution in [0.25, 0.3) is 79.7 Å². The van der Waals surface area contributed by atoms with Crippen LogP contribution < -0.4 is 0 Å². The fraction of sp³-hybridized carbons (Fsp3) is 0. The maximum absolute atomic E-state index is 6.20. The van der Waals surface area contributed by atoms with E-state index in [1.54, 1.807) is 0 Å². The minimum atomic E-state index is 0.323. The molecule has 0 saturated carbocycles. The van der Waals surface area contributed by atoms with E-state index in [0.29, 0.717) is 46.1 Å². The summed E-state index contributed by atoms with van der Waals surface area (Å²) in [5.74, 6) is 1.34. The van der Waals surface area contributed by atoms with E-state index in [0.717, 1.165) is 33.6 Å². The Balaban J connectivity index is 1.16. The summed E-state index contributed by atoms with van der Waals surface area (Å²) in [5, 5.41) is 17.5. The van der Waals surface area contributed by atoms with Crippen molar-refractivity contribution in [2.24, 2.45) is 0 Å². The Labute approximate surface area is 264 Å². The molecule has 0 aliphatic heterocycles. The molecule has 0 atom stereocenters. The lowest BCUT2D eigenvalue weighted by atomic mass is 9.99.